The number of hydrogen-bond acceptors (Lipinski definition) is 2. The zero-order valence-corrected chi connectivity index (χ0v) is 21.0. The molecule has 0 fully saturated rings. The molecule has 4 heteroatoms. The van der Waals surface area contributed by atoms with Crippen molar-refractivity contribution in [2.24, 2.45) is 0 Å². The third kappa shape index (κ3) is 1.81. The molecule has 1 aromatic carbocycles. The first-order valence-corrected chi connectivity index (χ1v) is 22.8. The fourth-order valence-electron chi connectivity index (χ4n) is 4.66. The van der Waals surface area contributed by atoms with E-state index in [1.165, 1.54) is 9.75 Å². The molecule has 122 valence electrons. The number of benzene rings is 1. The summed E-state index contributed by atoms with van der Waals surface area (Å²) in [5.74, 6) is 10.4. The quantitative estimate of drug-likeness (QED) is 0.434. The van der Waals surface area contributed by atoms with Gasteiger partial charge in [-0.3, -0.25) is 0 Å². The second-order valence-corrected chi connectivity index (χ2v) is 29.1. The maximum atomic E-state index is 2.64. The second-order valence-electron chi connectivity index (χ2n) is 8.39. The molecule has 0 atom stereocenters. The van der Waals surface area contributed by atoms with Crippen LogP contribution >= 0.6 is 22.7 Å². The minimum atomic E-state index is -2.11. The van der Waals surface area contributed by atoms with Crippen molar-refractivity contribution in [3.63, 3.8) is 0 Å². The van der Waals surface area contributed by atoms with Gasteiger partial charge in [0.25, 0.3) is 0 Å². The van der Waals surface area contributed by atoms with Crippen molar-refractivity contribution in [1.82, 2.24) is 0 Å². The Morgan fingerprint density at radius 1 is 0.583 bits per heavy atom. The molecule has 0 nitrogen and oxygen atoms in total. The molecule has 0 bridgehead atoms. The molecule has 0 amide bonds. The number of thiophene rings is 2. The van der Waals surface area contributed by atoms with Gasteiger partial charge in [0, 0.05) is 0 Å². The summed E-state index contributed by atoms with van der Waals surface area (Å²) in [4.78, 5) is 6.20. The van der Waals surface area contributed by atoms with Gasteiger partial charge in [-0.2, -0.15) is 0 Å². The molecule has 2 aliphatic heterocycles. The van der Waals surface area contributed by atoms with Crippen molar-refractivity contribution < 1.29 is 0 Å². The van der Waals surface area contributed by atoms with E-state index >= 15 is 0 Å². The van der Waals surface area contributed by atoms with Crippen LogP contribution in [-0.4, -0.2) is 26.5 Å². The van der Waals surface area contributed by atoms with E-state index in [1.54, 1.807) is 38.5 Å². The second kappa shape index (κ2) is 4.70. The summed E-state index contributed by atoms with van der Waals surface area (Å²) in [6, 6.07) is 10.3. The van der Waals surface area contributed by atoms with Crippen LogP contribution in [0.5, 0.6) is 0 Å². The molecule has 0 saturated heterocycles. The van der Waals surface area contributed by atoms with E-state index in [0.29, 0.717) is 0 Å². The van der Waals surface area contributed by atoms with Gasteiger partial charge >= 0.3 is 159 Å². The average Bonchev–Trinajstić information content (AvgIpc) is 3.17. The van der Waals surface area contributed by atoms with Gasteiger partial charge in [-0.05, 0) is 0 Å². The summed E-state index contributed by atoms with van der Waals surface area (Å²) < 4.78 is 6.91. The van der Waals surface area contributed by atoms with Crippen LogP contribution in [0.25, 0.3) is 20.9 Å². The minimum absolute atomic E-state index is 1.49. The number of aryl methyl sites for hydroxylation is 2. The predicted octanol–water partition coefficient (Wildman–Crippen LogP) is 4.03. The molecule has 24 heavy (non-hydrogen) atoms. The fraction of sp³-hybridized carbons (Fsp3) is 0.300. The van der Waals surface area contributed by atoms with Crippen LogP contribution in [0.15, 0.2) is 24.3 Å². The maximum absolute atomic E-state index is 2.64. The van der Waals surface area contributed by atoms with E-state index in [1.807, 2.05) is 22.7 Å². The Kier molecular flexibility index (Phi) is 3.12. The van der Waals surface area contributed by atoms with E-state index in [0.717, 1.165) is 0 Å². The molecule has 0 unspecified atom stereocenters. The molecular formula is C20H22Ge2S2. The van der Waals surface area contributed by atoms with Gasteiger partial charge in [0.1, 0.15) is 0 Å². The van der Waals surface area contributed by atoms with Gasteiger partial charge in [0.2, 0.25) is 0 Å². The van der Waals surface area contributed by atoms with Crippen LogP contribution < -0.4 is 17.6 Å². The molecule has 5 rings (SSSR count). The summed E-state index contributed by atoms with van der Waals surface area (Å²) in [6.07, 6.45) is 0. The Bertz CT molecular complexity index is 950. The molecule has 0 N–H and O–H groups in total. The molecule has 0 aliphatic carbocycles. The predicted molar refractivity (Wildman–Crippen MR) is 116 cm³/mol. The number of hydrogen-bond donors (Lipinski definition) is 0. The van der Waals surface area contributed by atoms with E-state index < -0.39 is 26.5 Å². The molecule has 2 aromatic heterocycles. The fourth-order valence-corrected chi connectivity index (χ4v) is 23.0. The Hall–Kier alpha value is -0.294. The van der Waals surface area contributed by atoms with Gasteiger partial charge in [-0.1, -0.05) is 0 Å². The molecule has 0 spiro atoms. The van der Waals surface area contributed by atoms with Crippen LogP contribution in [0, 0.1) is 13.8 Å². The van der Waals surface area contributed by atoms with Crippen LogP contribution in [0.3, 0.4) is 0 Å². The molecular weight excluding hydrogens is 450 g/mol. The average molecular weight is 472 g/mol. The van der Waals surface area contributed by atoms with Crippen molar-refractivity contribution in [2.75, 3.05) is 0 Å². The first-order valence-electron chi connectivity index (χ1n) is 8.63. The third-order valence-corrected chi connectivity index (χ3v) is 23.7. The van der Waals surface area contributed by atoms with E-state index in [4.69, 9.17) is 0 Å². The Balaban J connectivity index is 1.86. The van der Waals surface area contributed by atoms with Crippen molar-refractivity contribution >= 4 is 66.8 Å². The van der Waals surface area contributed by atoms with Crippen molar-refractivity contribution in [1.29, 1.82) is 0 Å². The molecule has 4 heterocycles. The zero-order chi connectivity index (χ0) is 17.0. The molecule has 2 aliphatic rings. The van der Waals surface area contributed by atoms with E-state index in [9.17, 15) is 0 Å². The van der Waals surface area contributed by atoms with Crippen molar-refractivity contribution in [2.45, 2.75) is 36.9 Å². The van der Waals surface area contributed by atoms with Crippen LogP contribution in [0.2, 0.25) is 23.0 Å². The molecule has 0 saturated carbocycles. The van der Waals surface area contributed by atoms with E-state index in [-0.39, 0.29) is 0 Å². The van der Waals surface area contributed by atoms with Gasteiger partial charge in [-0.25, -0.2) is 0 Å². The topological polar surface area (TPSA) is 0 Å². The number of fused-ring (bicyclic) bond motifs is 6. The van der Waals surface area contributed by atoms with Gasteiger partial charge in [-0.15, -0.1) is 0 Å². The first kappa shape index (κ1) is 15.9. The van der Waals surface area contributed by atoms with Gasteiger partial charge in [0.05, 0.1) is 0 Å². The summed E-state index contributed by atoms with van der Waals surface area (Å²) in [5.41, 5.74) is 3.22. The van der Waals surface area contributed by atoms with E-state index in [2.05, 4.69) is 61.1 Å². The SMILES string of the molecule is Cc1c[c]2c(s1)-c1c[c]3c(c[c]1[Ge]2([CH3])[CH3])-c1sc(C)c[c]1[Ge]3([CH3])[CH3]. The van der Waals surface area contributed by atoms with Crippen LogP contribution in [0.4, 0.5) is 0 Å². The Morgan fingerprint density at radius 2 is 0.958 bits per heavy atom. The van der Waals surface area contributed by atoms with Crippen molar-refractivity contribution in [3.05, 3.63) is 34.0 Å². The molecule has 0 radical (unpaired) electrons. The van der Waals surface area contributed by atoms with Crippen molar-refractivity contribution in [3.8, 4) is 20.9 Å². The first-order chi connectivity index (χ1) is 11.2. The van der Waals surface area contributed by atoms with Gasteiger partial charge in [0.15, 0.2) is 0 Å². The standard InChI is InChI=1S/C20H22Ge2S2/c1-11-7-17-19(23-11)13-9-16-14(10-15(13)21(17,3)4)20-18(22(16,5)6)8-12(2)24-20/h7-10H,1-6H3. The molecule has 3 aromatic rings. The summed E-state index contributed by atoms with van der Waals surface area (Å²) in [7, 11) is 0. The monoisotopic (exact) mass is 474 g/mol. The summed E-state index contributed by atoms with van der Waals surface area (Å²) in [6.45, 7) is 4.55. The van der Waals surface area contributed by atoms with Gasteiger partial charge < -0.3 is 0 Å². The summed E-state index contributed by atoms with van der Waals surface area (Å²) >= 11 is -0.169. The Labute approximate surface area is 157 Å². The van der Waals surface area contributed by atoms with Crippen LogP contribution in [0.1, 0.15) is 9.75 Å². The third-order valence-electron chi connectivity index (χ3n) is 6.05. The summed E-state index contributed by atoms with van der Waals surface area (Å²) in [5, 5.41) is 0. The number of rotatable bonds is 0. The Morgan fingerprint density at radius 3 is 1.33 bits per heavy atom. The zero-order valence-electron chi connectivity index (χ0n) is 15.1. The van der Waals surface area contributed by atoms with Crippen LogP contribution in [-0.2, 0) is 0 Å². The normalized spacial score (nSPS) is 18.2.